The van der Waals surface area contributed by atoms with Gasteiger partial charge in [0, 0.05) is 18.6 Å². The summed E-state index contributed by atoms with van der Waals surface area (Å²) < 4.78 is 0. The molecule has 2 aliphatic heterocycles. The summed E-state index contributed by atoms with van der Waals surface area (Å²) in [7, 11) is 0. The second kappa shape index (κ2) is 2.98. The summed E-state index contributed by atoms with van der Waals surface area (Å²) in [4.78, 5) is 2.65. The smallest absolute Gasteiger partial charge is 0.0166 e. The highest BCUT2D eigenvalue weighted by molar-refractivity contribution is 4.94. The molecule has 0 radical (unpaired) electrons. The molecule has 62 valence electrons. The molecule has 2 heterocycles. The fourth-order valence-corrected chi connectivity index (χ4v) is 2.67. The highest BCUT2D eigenvalue weighted by atomic mass is 15.2. The molecule has 2 bridgehead atoms. The van der Waals surface area contributed by atoms with E-state index in [2.05, 4.69) is 17.6 Å². The molecule has 0 unspecified atom stereocenters. The van der Waals surface area contributed by atoms with Gasteiger partial charge in [-0.3, -0.25) is 4.90 Å². The summed E-state index contributed by atoms with van der Waals surface area (Å²) in [6.07, 6.45) is 9.27. The molecule has 1 nitrogen and oxygen atoms in total. The Morgan fingerprint density at radius 3 is 2.36 bits per heavy atom. The van der Waals surface area contributed by atoms with E-state index in [9.17, 15) is 0 Å². The monoisotopic (exact) mass is 151 g/mol. The lowest BCUT2D eigenvalue weighted by atomic mass is 10.0. The summed E-state index contributed by atoms with van der Waals surface area (Å²) >= 11 is 0. The van der Waals surface area contributed by atoms with Crippen molar-refractivity contribution in [3.8, 4) is 0 Å². The van der Waals surface area contributed by atoms with Gasteiger partial charge in [0.05, 0.1) is 0 Å². The third-order valence-corrected chi connectivity index (χ3v) is 3.19. The fourth-order valence-electron chi connectivity index (χ4n) is 2.67. The average molecular weight is 151 g/mol. The van der Waals surface area contributed by atoms with Gasteiger partial charge >= 0.3 is 0 Å². The zero-order valence-corrected chi connectivity index (χ0v) is 7.13. The molecule has 0 aromatic carbocycles. The van der Waals surface area contributed by atoms with Crippen molar-refractivity contribution in [2.24, 2.45) is 0 Å². The Balaban J connectivity index is 2.02. The van der Waals surface area contributed by atoms with Crippen molar-refractivity contribution in [1.29, 1.82) is 0 Å². The van der Waals surface area contributed by atoms with Crippen LogP contribution in [0.25, 0.3) is 0 Å². The third-order valence-electron chi connectivity index (χ3n) is 3.19. The maximum absolute atomic E-state index is 3.81. The van der Waals surface area contributed by atoms with Gasteiger partial charge < -0.3 is 0 Å². The topological polar surface area (TPSA) is 3.24 Å². The van der Waals surface area contributed by atoms with Crippen LogP contribution in [0, 0.1) is 0 Å². The summed E-state index contributed by atoms with van der Waals surface area (Å²) in [5, 5.41) is 0. The van der Waals surface area contributed by atoms with Crippen LogP contribution in [0.1, 0.15) is 32.1 Å². The molecule has 0 amide bonds. The van der Waals surface area contributed by atoms with Gasteiger partial charge in [-0.25, -0.2) is 0 Å². The minimum atomic E-state index is 0.909. The molecule has 0 saturated carbocycles. The number of nitrogens with zero attached hydrogens (tertiary/aromatic N) is 1. The predicted molar refractivity (Wildman–Crippen MR) is 47.6 cm³/mol. The van der Waals surface area contributed by atoms with E-state index in [1.54, 1.807) is 0 Å². The van der Waals surface area contributed by atoms with Crippen molar-refractivity contribution in [2.75, 3.05) is 6.54 Å². The largest absolute Gasteiger partial charge is 0.294 e. The van der Waals surface area contributed by atoms with Crippen LogP contribution in [0.2, 0.25) is 0 Å². The van der Waals surface area contributed by atoms with E-state index < -0.39 is 0 Å². The molecule has 0 aliphatic carbocycles. The first-order chi connectivity index (χ1) is 5.42. The Labute approximate surface area is 69.1 Å². The molecule has 0 aromatic rings. The fraction of sp³-hybridized carbons (Fsp3) is 0.800. The van der Waals surface area contributed by atoms with Crippen LogP contribution in [-0.4, -0.2) is 23.5 Å². The lowest BCUT2D eigenvalue weighted by Gasteiger charge is -2.33. The minimum absolute atomic E-state index is 0.909. The maximum Gasteiger partial charge on any atom is 0.0166 e. The maximum atomic E-state index is 3.81. The number of fused-ring (bicyclic) bond motifs is 2. The second-order valence-electron chi connectivity index (χ2n) is 3.80. The summed E-state index contributed by atoms with van der Waals surface area (Å²) in [6.45, 7) is 4.93. The van der Waals surface area contributed by atoms with Crippen molar-refractivity contribution in [1.82, 2.24) is 4.90 Å². The minimum Gasteiger partial charge on any atom is -0.294 e. The lowest BCUT2D eigenvalue weighted by Crippen LogP contribution is -2.39. The lowest BCUT2D eigenvalue weighted by molar-refractivity contribution is 0.158. The van der Waals surface area contributed by atoms with Crippen LogP contribution in [0.15, 0.2) is 12.7 Å². The quantitative estimate of drug-likeness (QED) is 0.547. The molecule has 1 heteroatoms. The van der Waals surface area contributed by atoms with E-state index in [1.165, 1.54) is 32.1 Å². The molecule has 2 atom stereocenters. The van der Waals surface area contributed by atoms with E-state index in [4.69, 9.17) is 0 Å². The zero-order chi connectivity index (χ0) is 7.68. The van der Waals surface area contributed by atoms with Gasteiger partial charge in [-0.1, -0.05) is 12.5 Å². The van der Waals surface area contributed by atoms with Gasteiger partial charge in [-0.2, -0.15) is 0 Å². The van der Waals surface area contributed by atoms with E-state index >= 15 is 0 Å². The van der Waals surface area contributed by atoms with Crippen LogP contribution in [0.4, 0.5) is 0 Å². The highest BCUT2D eigenvalue weighted by Gasteiger charge is 2.35. The van der Waals surface area contributed by atoms with Crippen molar-refractivity contribution in [2.45, 2.75) is 44.2 Å². The van der Waals surface area contributed by atoms with Crippen LogP contribution >= 0.6 is 0 Å². The molecular weight excluding hydrogens is 134 g/mol. The van der Waals surface area contributed by atoms with E-state index in [0.29, 0.717) is 0 Å². The van der Waals surface area contributed by atoms with Gasteiger partial charge in [0.25, 0.3) is 0 Å². The normalized spacial score (nSPS) is 37.5. The predicted octanol–water partition coefficient (Wildman–Crippen LogP) is 2.19. The van der Waals surface area contributed by atoms with Crippen LogP contribution < -0.4 is 0 Å². The summed E-state index contributed by atoms with van der Waals surface area (Å²) in [5.41, 5.74) is 0. The zero-order valence-electron chi connectivity index (χ0n) is 7.13. The summed E-state index contributed by atoms with van der Waals surface area (Å²) in [6, 6.07) is 1.82. The third kappa shape index (κ3) is 1.22. The Morgan fingerprint density at radius 1 is 1.18 bits per heavy atom. The van der Waals surface area contributed by atoms with Gasteiger partial charge in [0.2, 0.25) is 0 Å². The van der Waals surface area contributed by atoms with Crippen molar-refractivity contribution >= 4 is 0 Å². The standard InChI is InChI=1S/C10H17N/c1-2-8-11-9-4-3-5-10(11)7-6-9/h2,9-10H,1,3-8H2/t9-,10+. The SMILES string of the molecule is C=CCN1[C@@H]2CCC[C@H]1CC2. The Kier molecular flexibility index (Phi) is 1.99. The van der Waals surface area contributed by atoms with Crippen molar-refractivity contribution in [3.63, 3.8) is 0 Å². The van der Waals surface area contributed by atoms with Gasteiger partial charge in [0.1, 0.15) is 0 Å². The van der Waals surface area contributed by atoms with E-state index in [-0.39, 0.29) is 0 Å². The number of hydrogen-bond acceptors (Lipinski definition) is 1. The second-order valence-corrected chi connectivity index (χ2v) is 3.80. The Hall–Kier alpha value is -0.300. The molecule has 2 aliphatic rings. The molecule has 0 spiro atoms. The summed E-state index contributed by atoms with van der Waals surface area (Å²) in [5.74, 6) is 0. The Bertz CT molecular complexity index is 137. The number of piperidine rings is 1. The number of hydrogen-bond donors (Lipinski definition) is 0. The van der Waals surface area contributed by atoms with Crippen LogP contribution in [-0.2, 0) is 0 Å². The first-order valence-corrected chi connectivity index (χ1v) is 4.78. The van der Waals surface area contributed by atoms with Gasteiger partial charge in [0.15, 0.2) is 0 Å². The first kappa shape index (κ1) is 7.35. The van der Waals surface area contributed by atoms with Crippen LogP contribution in [0.3, 0.4) is 0 Å². The van der Waals surface area contributed by atoms with Gasteiger partial charge in [-0.15, -0.1) is 6.58 Å². The molecule has 2 fully saturated rings. The number of rotatable bonds is 2. The van der Waals surface area contributed by atoms with Crippen molar-refractivity contribution in [3.05, 3.63) is 12.7 Å². The Morgan fingerprint density at radius 2 is 1.82 bits per heavy atom. The van der Waals surface area contributed by atoms with E-state index in [0.717, 1.165) is 18.6 Å². The average Bonchev–Trinajstić information content (AvgIpc) is 2.30. The molecule has 2 saturated heterocycles. The molecular formula is C10H17N. The van der Waals surface area contributed by atoms with Gasteiger partial charge in [-0.05, 0) is 25.7 Å². The molecule has 0 aromatic heterocycles. The first-order valence-electron chi connectivity index (χ1n) is 4.78. The van der Waals surface area contributed by atoms with E-state index in [1.807, 2.05) is 0 Å². The van der Waals surface area contributed by atoms with Crippen molar-refractivity contribution < 1.29 is 0 Å². The molecule has 0 N–H and O–H groups in total. The molecule has 11 heavy (non-hydrogen) atoms. The highest BCUT2D eigenvalue weighted by Crippen LogP contribution is 2.34. The molecule has 2 rings (SSSR count). The van der Waals surface area contributed by atoms with Crippen LogP contribution in [0.5, 0.6) is 0 Å².